The molecule has 2 aromatic rings. The lowest BCUT2D eigenvalue weighted by molar-refractivity contribution is 0.793. The summed E-state index contributed by atoms with van der Waals surface area (Å²) >= 11 is 8.74. The molecule has 0 unspecified atom stereocenters. The van der Waals surface area contributed by atoms with Crippen molar-refractivity contribution in [3.63, 3.8) is 0 Å². The topological polar surface area (TPSA) is 43.1 Å². The summed E-state index contributed by atoms with van der Waals surface area (Å²) in [7, 11) is 0. The van der Waals surface area contributed by atoms with E-state index in [-0.39, 0.29) is 0 Å². The van der Waals surface area contributed by atoms with Crippen LogP contribution in [-0.2, 0) is 0 Å². The third kappa shape index (κ3) is 1.21. The van der Waals surface area contributed by atoms with E-state index in [2.05, 4.69) is 31.1 Å². The van der Waals surface area contributed by atoms with Gasteiger partial charge < -0.3 is 0 Å². The van der Waals surface area contributed by atoms with Gasteiger partial charge in [0.25, 0.3) is 0 Å². The molecule has 0 aliphatic carbocycles. The molecule has 0 N–H and O–H groups in total. The minimum atomic E-state index is 0.398. The van der Waals surface area contributed by atoms with Crippen molar-refractivity contribution in [3.05, 3.63) is 22.0 Å². The summed E-state index contributed by atoms with van der Waals surface area (Å²) < 4.78 is 1.87. The summed E-state index contributed by atoms with van der Waals surface area (Å²) in [5.41, 5.74) is 0.668. The Morgan fingerprint density at radius 3 is 3.00 bits per heavy atom. The predicted molar refractivity (Wildman–Crippen MR) is 43.5 cm³/mol. The van der Waals surface area contributed by atoms with E-state index in [1.54, 1.807) is 12.1 Å². The number of fused-ring (bicyclic) bond motifs is 1. The third-order valence-electron chi connectivity index (χ3n) is 1.15. The maximum Gasteiger partial charge on any atom is 0.220 e. The van der Waals surface area contributed by atoms with Gasteiger partial charge in [-0.25, -0.2) is 0 Å². The Bertz CT molecular complexity index is 398. The molecular weight excluding hydrogens is 231 g/mol. The zero-order chi connectivity index (χ0) is 7.84. The van der Waals surface area contributed by atoms with Gasteiger partial charge in [0.15, 0.2) is 10.8 Å². The third-order valence-corrected chi connectivity index (χ3v) is 1.69. The fourth-order valence-corrected chi connectivity index (χ4v) is 1.20. The zero-order valence-corrected chi connectivity index (χ0v) is 7.54. The molecule has 0 saturated heterocycles. The molecule has 6 heteroatoms. The average molecular weight is 233 g/mol. The number of hydrogen-bond donors (Lipinski definition) is 0. The minimum absolute atomic E-state index is 0.398. The van der Waals surface area contributed by atoms with E-state index in [4.69, 9.17) is 11.6 Å². The van der Waals surface area contributed by atoms with Crippen molar-refractivity contribution in [1.29, 1.82) is 0 Å². The molecule has 0 amide bonds. The van der Waals surface area contributed by atoms with Crippen LogP contribution in [0.1, 0.15) is 0 Å². The summed E-state index contributed by atoms with van der Waals surface area (Å²) in [5.74, 6) is 0. The van der Waals surface area contributed by atoms with Crippen LogP contribution >= 0.6 is 27.5 Å². The molecule has 2 heterocycles. The molecule has 0 atom stereocenters. The van der Waals surface area contributed by atoms with Crippen LogP contribution < -0.4 is 0 Å². The van der Waals surface area contributed by atoms with Crippen molar-refractivity contribution in [3.8, 4) is 0 Å². The van der Waals surface area contributed by atoms with Gasteiger partial charge in [0.2, 0.25) is 4.73 Å². The lowest BCUT2D eigenvalue weighted by Crippen LogP contribution is -1.92. The zero-order valence-electron chi connectivity index (χ0n) is 5.20. The summed E-state index contributed by atoms with van der Waals surface area (Å²) in [6.07, 6.45) is 0. The Balaban J connectivity index is 2.82. The molecule has 0 bridgehead atoms. The smallest absolute Gasteiger partial charge is 0.199 e. The highest BCUT2D eigenvalue weighted by Crippen LogP contribution is 2.08. The van der Waals surface area contributed by atoms with Gasteiger partial charge in [-0.3, -0.25) is 0 Å². The number of rotatable bonds is 0. The van der Waals surface area contributed by atoms with Gasteiger partial charge in [0.05, 0.1) is 0 Å². The fraction of sp³-hybridized carbons (Fsp3) is 0. The Kier molecular flexibility index (Phi) is 1.54. The van der Waals surface area contributed by atoms with Gasteiger partial charge in [-0.05, 0) is 28.1 Å². The first-order valence-corrected chi connectivity index (χ1v) is 3.98. The Morgan fingerprint density at radius 1 is 1.36 bits per heavy atom. The number of halogens is 2. The highest BCUT2D eigenvalue weighted by Gasteiger charge is 2.00. The second kappa shape index (κ2) is 2.42. The molecular formula is C5H2BrClN4. The van der Waals surface area contributed by atoms with Gasteiger partial charge in [-0.15, -0.1) is 14.8 Å². The van der Waals surface area contributed by atoms with E-state index in [1.807, 2.05) is 0 Å². The predicted octanol–water partition coefficient (Wildman–Crippen LogP) is 1.54. The molecule has 0 spiro atoms. The molecule has 0 aliphatic heterocycles. The van der Waals surface area contributed by atoms with E-state index >= 15 is 0 Å². The lowest BCUT2D eigenvalue weighted by Gasteiger charge is -1.87. The number of aromatic nitrogens is 4. The first-order chi connectivity index (χ1) is 5.25. The first-order valence-electron chi connectivity index (χ1n) is 2.81. The average Bonchev–Trinajstić information content (AvgIpc) is 2.27. The summed E-state index contributed by atoms with van der Waals surface area (Å²) in [6.45, 7) is 0. The van der Waals surface area contributed by atoms with E-state index in [0.29, 0.717) is 15.5 Å². The van der Waals surface area contributed by atoms with Gasteiger partial charge in [-0.1, -0.05) is 11.6 Å². The summed E-state index contributed by atoms with van der Waals surface area (Å²) in [6, 6.07) is 3.41. The quantitative estimate of drug-likeness (QED) is 0.693. The van der Waals surface area contributed by atoms with Gasteiger partial charge in [-0.2, -0.15) is 4.98 Å². The fourth-order valence-electron chi connectivity index (χ4n) is 0.736. The van der Waals surface area contributed by atoms with E-state index in [9.17, 15) is 0 Å². The molecule has 2 aromatic heterocycles. The molecule has 2 rings (SSSR count). The SMILES string of the molecule is Clc1ccc2nc(Br)nn2n1. The van der Waals surface area contributed by atoms with Gasteiger partial charge in [0, 0.05) is 0 Å². The molecule has 0 radical (unpaired) electrons. The second-order valence-corrected chi connectivity index (χ2v) is 2.98. The maximum absolute atomic E-state index is 5.61. The van der Waals surface area contributed by atoms with Crippen LogP contribution in [0.3, 0.4) is 0 Å². The van der Waals surface area contributed by atoms with Crippen LogP contribution in [-0.4, -0.2) is 19.8 Å². The van der Waals surface area contributed by atoms with Crippen molar-refractivity contribution in [2.24, 2.45) is 0 Å². The maximum atomic E-state index is 5.61. The molecule has 0 saturated carbocycles. The lowest BCUT2D eigenvalue weighted by atomic mass is 10.6. The van der Waals surface area contributed by atoms with Crippen molar-refractivity contribution in [2.75, 3.05) is 0 Å². The van der Waals surface area contributed by atoms with Gasteiger partial charge in [0.1, 0.15) is 0 Å². The monoisotopic (exact) mass is 232 g/mol. The normalized spacial score (nSPS) is 10.7. The Labute approximate surface area is 75.3 Å². The van der Waals surface area contributed by atoms with E-state index < -0.39 is 0 Å². The summed E-state index contributed by atoms with van der Waals surface area (Å²) in [4.78, 5) is 4.00. The second-order valence-electron chi connectivity index (χ2n) is 1.88. The Morgan fingerprint density at radius 2 is 2.18 bits per heavy atom. The highest BCUT2D eigenvalue weighted by molar-refractivity contribution is 9.10. The largest absolute Gasteiger partial charge is 0.220 e. The molecule has 0 aromatic carbocycles. The molecule has 56 valence electrons. The standard InChI is InChI=1S/C5H2BrClN4/c6-5-8-4-2-1-3(7)9-11(4)10-5/h1-2H. The van der Waals surface area contributed by atoms with E-state index in [0.717, 1.165) is 0 Å². The van der Waals surface area contributed by atoms with Crippen LogP contribution in [0.2, 0.25) is 5.15 Å². The van der Waals surface area contributed by atoms with Crippen molar-refractivity contribution in [1.82, 2.24) is 19.8 Å². The van der Waals surface area contributed by atoms with Crippen molar-refractivity contribution < 1.29 is 0 Å². The van der Waals surface area contributed by atoms with Gasteiger partial charge >= 0.3 is 0 Å². The van der Waals surface area contributed by atoms with E-state index in [1.165, 1.54) is 4.63 Å². The van der Waals surface area contributed by atoms with Crippen LogP contribution in [0.4, 0.5) is 0 Å². The summed E-state index contributed by atoms with van der Waals surface area (Å²) in [5, 5.41) is 8.17. The minimum Gasteiger partial charge on any atom is -0.199 e. The molecule has 4 nitrogen and oxygen atoms in total. The highest BCUT2D eigenvalue weighted by atomic mass is 79.9. The molecule has 11 heavy (non-hydrogen) atoms. The van der Waals surface area contributed by atoms with Crippen LogP contribution in [0, 0.1) is 0 Å². The number of hydrogen-bond acceptors (Lipinski definition) is 3. The van der Waals surface area contributed by atoms with Crippen LogP contribution in [0.5, 0.6) is 0 Å². The Hall–Kier alpha value is -0.680. The number of nitrogens with zero attached hydrogens (tertiary/aromatic N) is 4. The first kappa shape index (κ1) is 7.00. The van der Waals surface area contributed by atoms with Crippen LogP contribution in [0.15, 0.2) is 16.9 Å². The van der Waals surface area contributed by atoms with Crippen LogP contribution in [0.25, 0.3) is 5.65 Å². The molecule has 0 aliphatic rings. The van der Waals surface area contributed by atoms with Crippen molar-refractivity contribution >= 4 is 33.2 Å². The van der Waals surface area contributed by atoms with Crippen molar-refractivity contribution in [2.45, 2.75) is 0 Å². The molecule has 0 fully saturated rings.